The topological polar surface area (TPSA) is 0 Å². The van der Waals surface area contributed by atoms with Crippen molar-refractivity contribution in [2.24, 2.45) is 0 Å². The third-order valence-corrected chi connectivity index (χ3v) is 13.9. The SMILES string of the molecule is [B]c1c(-c2c3c([B])c([B])c([B])c([B])c3c(-c3cc4ccccc4c4ccccc34)c3c([B])c([B])c([B])c([B])c23)c([B])c2c([B])c([B])c(-c3c([B])c([B])c([B])c4c([B])c([B])c([B])c([B])c34)c([B])c2c1[B]. The fourth-order valence-electron chi connectivity index (χ4n) is 10.4. The van der Waals surface area contributed by atoms with Gasteiger partial charge < -0.3 is 0 Å². The van der Waals surface area contributed by atoms with E-state index in [1.807, 2.05) is 54.6 Å². The van der Waals surface area contributed by atoms with Gasteiger partial charge in [-0.25, -0.2) is 0 Å². The summed E-state index contributed by atoms with van der Waals surface area (Å²) in [6.07, 6.45) is 0. The van der Waals surface area contributed by atoms with Gasteiger partial charge in [-0.1, -0.05) is 125 Å². The number of hydrogen-bond donors (Lipinski definition) is 0. The Morgan fingerprint density at radius 2 is 0.464 bits per heavy atom. The van der Waals surface area contributed by atoms with Crippen LogP contribution in [0.4, 0.5) is 0 Å². The zero-order valence-electron chi connectivity index (χ0n) is 36.8. The summed E-state index contributed by atoms with van der Waals surface area (Å²) in [5, 5.41) is 5.04. The van der Waals surface area contributed by atoms with Gasteiger partial charge >= 0.3 is 0 Å². The highest BCUT2D eigenvalue weighted by Crippen LogP contribution is 2.44. The molecule has 10 aromatic carbocycles. The lowest BCUT2D eigenvalue weighted by Crippen LogP contribution is -2.53. The Balaban J connectivity index is 1.44. The maximum Gasteiger partial charge on any atom is 0.115 e. The Bertz CT molecular complexity index is 4000. The Labute approximate surface area is 429 Å². The average molecular weight is 813 g/mol. The van der Waals surface area contributed by atoms with Gasteiger partial charge in [0.2, 0.25) is 0 Å². The molecule has 0 unspecified atom stereocenters. The molecule has 42 radical (unpaired) electrons. The molecule has 0 aromatic heterocycles. The minimum atomic E-state index is -0.137. The number of hydrogen-bond acceptors (Lipinski definition) is 0. The highest BCUT2D eigenvalue weighted by molar-refractivity contribution is 6.76. The molecule has 10 aromatic rings. The van der Waals surface area contributed by atoms with Gasteiger partial charge in [0.1, 0.15) is 165 Å². The van der Waals surface area contributed by atoms with Gasteiger partial charge in [-0.05, 0) is 104 Å². The summed E-state index contributed by atoms with van der Waals surface area (Å²) in [7, 11) is 144. The first-order valence-electron chi connectivity index (χ1n) is 21.0. The van der Waals surface area contributed by atoms with E-state index in [1.165, 1.54) is 0 Å². The lowest BCUT2D eigenvalue weighted by Gasteiger charge is -2.32. The van der Waals surface area contributed by atoms with Gasteiger partial charge in [0.05, 0.1) is 0 Å². The molecule has 0 aliphatic rings. The van der Waals surface area contributed by atoms with Gasteiger partial charge in [-0.2, -0.15) is 0 Å². The van der Waals surface area contributed by atoms with Gasteiger partial charge in [0.25, 0.3) is 0 Å². The van der Waals surface area contributed by atoms with Crippen molar-refractivity contribution < 1.29 is 0 Å². The summed E-state index contributed by atoms with van der Waals surface area (Å²) in [6, 6.07) is 17.7. The lowest BCUT2D eigenvalue weighted by molar-refractivity contribution is 1.75. The van der Waals surface area contributed by atoms with Gasteiger partial charge in [-0.3, -0.25) is 0 Å². The predicted octanol–water partition coefficient (Wildman–Crippen LogP) is -11.7. The van der Waals surface area contributed by atoms with Crippen LogP contribution in [0.15, 0.2) is 54.6 Å². The second-order valence-corrected chi connectivity index (χ2v) is 17.3. The van der Waals surface area contributed by atoms with E-state index in [0.717, 1.165) is 21.5 Å². The van der Waals surface area contributed by atoms with Crippen LogP contribution in [0.25, 0.3) is 98.0 Å². The average Bonchev–Trinajstić information content (AvgIpc) is 3.34. The molecule has 21 heteroatoms. The van der Waals surface area contributed by atoms with Crippen LogP contribution in [-0.4, -0.2) is 165 Å². The van der Waals surface area contributed by atoms with Crippen LogP contribution in [0, 0.1) is 0 Å². The Kier molecular flexibility index (Phi) is 11.5. The van der Waals surface area contributed by atoms with E-state index in [9.17, 15) is 0 Å². The molecule has 0 amide bonds. The molecule has 0 fully saturated rings. The zero-order chi connectivity index (χ0) is 49.9. The predicted molar refractivity (Wildman–Crippen MR) is 321 cm³/mol. The second-order valence-electron chi connectivity index (χ2n) is 17.3. The minimum absolute atomic E-state index is 0.00941. The molecule has 264 valence electrons. The molecular formula is C48H9B21. The third kappa shape index (κ3) is 6.32. The highest BCUT2D eigenvalue weighted by Gasteiger charge is 2.30. The monoisotopic (exact) mass is 816 g/mol. The van der Waals surface area contributed by atoms with Crippen molar-refractivity contribution in [1.29, 1.82) is 0 Å². The van der Waals surface area contributed by atoms with E-state index in [-0.39, 0.29) is 169 Å². The molecule has 0 aliphatic carbocycles. The van der Waals surface area contributed by atoms with Crippen molar-refractivity contribution >= 4 is 344 Å². The van der Waals surface area contributed by atoms with Crippen molar-refractivity contribution in [1.82, 2.24) is 0 Å². The summed E-state index contributed by atoms with van der Waals surface area (Å²) in [4.78, 5) is 0. The van der Waals surface area contributed by atoms with Crippen molar-refractivity contribution in [2.45, 2.75) is 0 Å². The van der Waals surface area contributed by atoms with Crippen LogP contribution in [0.3, 0.4) is 0 Å². The Hall–Kier alpha value is -4.88. The smallest absolute Gasteiger partial charge is 0.110 e. The number of rotatable bonds is 3. The first-order chi connectivity index (χ1) is 32.6. The summed E-state index contributed by atoms with van der Waals surface area (Å²) < 4.78 is 0. The molecule has 0 spiro atoms. The van der Waals surface area contributed by atoms with E-state index in [2.05, 4.69) is 0 Å². The molecule has 10 rings (SSSR count). The quantitative estimate of drug-likeness (QED) is 0.0947. The molecule has 0 heterocycles. The van der Waals surface area contributed by atoms with Gasteiger partial charge in [0.15, 0.2) is 0 Å². The van der Waals surface area contributed by atoms with Crippen LogP contribution in [0.1, 0.15) is 0 Å². The Morgan fingerprint density at radius 3 is 0.899 bits per heavy atom. The Morgan fingerprint density at radius 1 is 0.188 bits per heavy atom. The normalized spacial score (nSPS) is 11.8. The standard InChI is InChI=1S/C48H9B21/c49-28-23(36(57)38(59)27-26(28)39(60)37(58)24(29(27)50)21-22-25(40(61)42(63)34(21)55)41(62)48(69)47(68)35(22)56)16-19-17(30(51)43(64)45(66)32(19)53)15(18-20(16)33(54)46(67)44(65)31(18)52)14-9-10-5-1-2-6-11(10)12-7-3-4-8-13(12)14/h1-9H. The maximum atomic E-state index is 7.36. The summed E-state index contributed by atoms with van der Waals surface area (Å²) in [5.41, 5.74) is 0.296. The van der Waals surface area contributed by atoms with Crippen molar-refractivity contribution in [3.05, 3.63) is 54.6 Å². The summed E-state index contributed by atoms with van der Waals surface area (Å²) in [5.74, 6) is 0. The first-order valence-corrected chi connectivity index (χ1v) is 21.0. The van der Waals surface area contributed by atoms with E-state index in [4.69, 9.17) is 165 Å². The molecule has 0 N–H and O–H groups in total. The molecule has 0 bridgehead atoms. The number of fused-ring (bicyclic) bond motifs is 7. The molecule has 0 aliphatic heterocycles. The fourth-order valence-corrected chi connectivity index (χ4v) is 10.4. The highest BCUT2D eigenvalue weighted by atomic mass is 14.3. The summed E-state index contributed by atoms with van der Waals surface area (Å²) >= 11 is 0. The van der Waals surface area contributed by atoms with Crippen LogP contribution in [-0.2, 0) is 0 Å². The van der Waals surface area contributed by atoms with Crippen LogP contribution < -0.4 is 115 Å². The van der Waals surface area contributed by atoms with Crippen LogP contribution in [0.5, 0.6) is 0 Å². The maximum absolute atomic E-state index is 7.36. The second kappa shape index (κ2) is 16.6. The zero-order valence-corrected chi connectivity index (χ0v) is 36.8. The van der Waals surface area contributed by atoms with Crippen molar-refractivity contribution in [2.75, 3.05) is 0 Å². The summed E-state index contributed by atoms with van der Waals surface area (Å²) in [6.45, 7) is 0. The first kappa shape index (κ1) is 47.8. The molecule has 0 atom stereocenters. The molecule has 0 saturated carbocycles. The van der Waals surface area contributed by atoms with E-state index in [0.29, 0.717) is 21.9 Å². The van der Waals surface area contributed by atoms with Crippen LogP contribution >= 0.6 is 0 Å². The molecule has 0 nitrogen and oxygen atoms in total. The minimum Gasteiger partial charge on any atom is -0.110 e. The van der Waals surface area contributed by atoms with Crippen LogP contribution in [0.2, 0.25) is 0 Å². The largest absolute Gasteiger partial charge is 0.115 e. The van der Waals surface area contributed by atoms with E-state index < -0.39 is 0 Å². The van der Waals surface area contributed by atoms with E-state index >= 15 is 0 Å². The lowest BCUT2D eigenvalue weighted by atomic mass is 9.55. The van der Waals surface area contributed by atoms with E-state index in [1.54, 1.807) is 0 Å². The molecular weight excluding hydrogens is 804 g/mol. The van der Waals surface area contributed by atoms with Crippen molar-refractivity contribution in [3.63, 3.8) is 0 Å². The fraction of sp³-hybridized carbons (Fsp3) is 0. The number of benzene rings is 10. The third-order valence-electron chi connectivity index (χ3n) is 13.9. The van der Waals surface area contributed by atoms with Crippen molar-refractivity contribution in [3.8, 4) is 33.4 Å². The van der Waals surface area contributed by atoms with Gasteiger partial charge in [0, 0.05) is 0 Å². The van der Waals surface area contributed by atoms with Gasteiger partial charge in [-0.15, -0.1) is 38.2 Å². The molecule has 0 saturated heterocycles. The molecule has 69 heavy (non-hydrogen) atoms.